The van der Waals surface area contributed by atoms with Gasteiger partial charge in [0.05, 0.1) is 5.56 Å². The van der Waals surface area contributed by atoms with Gasteiger partial charge in [0.1, 0.15) is 5.82 Å². The molecule has 0 amide bonds. The number of nitrogens with one attached hydrogen (secondary N) is 2. The molecule has 1 aromatic heterocycles. The first-order valence-electron chi connectivity index (χ1n) is 10.7. The normalized spacial score (nSPS) is 19.9. The van der Waals surface area contributed by atoms with Gasteiger partial charge in [0.2, 0.25) is 0 Å². The number of allylic oxidation sites excluding steroid dienone is 2. The van der Waals surface area contributed by atoms with Gasteiger partial charge in [0.25, 0.3) is 5.56 Å². The number of anilines is 1. The molecule has 30 heavy (non-hydrogen) atoms. The van der Waals surface area contributed by atoms with Gasteiger partial charge in [0, 0.05) is 29.4 Å². The van der Waals surface area contributed by atoms with Crippen molar-refractivity contribution in [2.24, 2.45) is 5.41 Å². The van der Waals surface area contributed by atoms with Crippen molar-refractivity contribution in [3.05, 3.63) is 62.6 Å². The summed E-state index contributed by atoms with van der Waals surface area (Å²) < 4.78 is 0. The van der Waals surface area contributed by atoms with Crippen molar-refractivity contribution in [2.75, 3.05) is 11.1 Å². The molecule has 1 aliphatic carbocycles. The van der Waals surface area contributed by atoms with Gasteiger partial charge in [-0.15, -0.1) is 0 Å². The van der Waals surface area contributed by atoms with Crippen molar-refractivity contribution in [1.82, 2.24) is 9.97 Å². The number of nitrogens with zero attached hydrogens (tertiary/aromatic N) is 1. The number of hydrogen-bond donors (Lipinski definition) is 2. The van der Waals surface area contributed by atoms with Crippen LogP contribution in [-0.2, 0) is 4.79 Å². The molecule has 4 rings (SSSR count). The fourth-order valence-corrected chi connectivity index (χ4v) is 5.31. The predicted octanol–water partition coefficient (Wildman–Crippen LogP) is 5.17. The Morgan fingerprint density at radius 2 is 1.90 bits per heavy atom. The van der Waals surface area contributed by atoms with E-state index in [0.29, 0.717) is 23.0 Å². The molecule has 0 saturated heterocycles. The van der Waals surface area contributed by atoms with Gasteiger partial charge >= 0.3 is 0 Å². The molecule has 158 valence electrons. The molecule has 2 N–H and O–H groups in total. The SMILES string of the molecule is CCCCSc1nc2c(c(=O)[nH]1)C(c1ccc(C)cc1)C1=C(CC(C)(C)CC1=O)N2. The number of Topliss-reactive ketones (excluding diaryl/α,β-unsaturated/α-hetero) is 1. The van der Waals surface area contributed by atoms with Crippen LogP contribution in [0.3, 0.4) is 0 Å². The highest BCUT2D eigenvalue weighted by Gasteiger charge is 2.42. The first kappa shape index (κ1) is 20.9. The molecule has 1 atom stereocenters. The molecule has 0 bridgehead atoms. The highest BCUT2D eigenvalue weighted by molar-refractivity contribution is 7.99. The van der Waals surface area contributed by atoms with Crippen molar-refractivity contribution in [3.8, 4) is 0 Å². The maximum absolute atomic E-state index is 13.2. The number of thioether (sulfide) groups is 1. The second kappa shape index (κ2) is 8.06. The molecule has 5 nitrogen and oxygen atoms in total. The standard InChI is InChI=1S/C24H29N3O2S/c1-5-6-11-30-23-26-21-20(22(29)27-23)18(15-9-7-14(2)8-10-15)19-16(25-21)12-24(3,4)13-17(19)28/h7-10,18H,5-6,11-13H2,1-4H3,(H2,25,26,27,29). The van der Waals surface area contributed by atoms with Crippen LogP contribution in [0.25, 0.3) is 0 Å². The highest BCUT2D eigenvalue weighted by Crippen LogP contribution is 2.47. The van der Waals surface area contributed by atoms with Crippen LogP contribution in [0.1, 0.15) is 69.1 Å². The van der Waals surface area contributed by atoms with E-state index in [0.717, 1.165) is 47.4 Å². The molecule has 6 heteroatoms. The van der Waals surface area contributed by atoms with E-state index in [-0.39, 0.29) is 22.7 Å². The van der Waals surface area contributed by atoms with E-state index >= 15 is 0 Å². The van der Waals surface area contributed by atoms with Gasteiger partial charge in [-0.25, -0.2) is 4.98 Å². The van der Waals surface area contributed by atoms with Crippen LogP contribution < -0.4 is 10.9 Å². The van der Waals surface area contributed by atoms with Crippen LogP contribution in [0, 0.1) is 12.3 Å². The Morgan fingerprint density at radius 1 is 1.17 bits per heavy atom. The molecule has 0 spiro atoms. The Hall–Kier alpha value is -2.34. The van der Waals surface area contributed by atoms with Gasteiger partial charge in [-0.05, 0) is 30.7 Å². The summed E-state index contributed by atoms with van der Waals surface area (Å²) in [7, 11) is 0. The van der Waals surface area contributed by atoms with E-state index in [4.69, 9.17) is 4.98 Å². The molecule has 2 aliphatic rings. The first-order chi connectivity index (χ1) is 14.3. The number of unbranched alkanes of at least 4 members (excludes halogenated alkanes) is 1. The summed E-state index contributed by atoms with van der Waals surface area (Å²) in [6.07, 6.45) is 3.43. The molecule has 2 heterocycles. The van der Waals surface area contributed by atoms with E-state index < -0.39 is 0 Å². The minimum absolute atomic E-state index is 0.113. The first-order valence-corrected chi connectivity index (χ1v) is 11.6. The Labute approximate surface area is 181 Å². The summed E-state index contributed by atoms with van der Waals surface area (Å²) in [5, 5.41) is 4.01. The molecule has 1 aromatic carbocycles. The average molecular weight is 424 g/mol. The molecule has 0 radical (unpaired) electrons. The molecule has 0 saturated carbocycles. The minimum atomic E-state index is -0.383. The fourth-order valence-electron chi connectivity index (χ4n) is 4.37. The monoisotopic (exact) mass is 423 g/mol. The third kappa shape index (κ3) is 3.97. The summed E-state index contributed by atoms with van der Waals surface area (Å²) in [5.41, 5.74) is 4.02. The number of fused-ring (bicyclic) bond motifs is 1. The zero-order chi connectivity index (χ0) is 21.5. The molecule has 1 aliphatic heterocycles. The Morgan fingerprint density at radius 3 is 2.60 bits per heavy atom. The van der Waals surface area contributed by atoms with E-state index in [2.05, 4.69) is 31.1 Å². The van der Waals surface area contributed by atoms with E-state index in [9.17, 15) is 9.59 Å². The minimum Gasteiger partial charge on any atom is -0.343 e. The van der Waals surface area contributed by atoms with Crippen LogP contribution in [-0.4, -0.2) is 21.5 Å². The molecule has 1 unspecified atom stereocenters. The van der Waals surface area contributed by atoms with E-state index in [1.54, 1.807) is 11.8 Å². The molecular formula is C24H29N3O2S. The topological polar surface area (TPSA) is 74.8 Å². The van der Waals surface area contributed by atoms with Crippen molar-refractivity contribution in [1.29, 1.82) is 0 Å². The van der Waals surface area contributed by atoms with Gasteiger partial charge in [0.15, 0.2) is 10.9 Å². The number of ketones is 1. The number of rotatable bonds is 5. The van der Waals surface area contributed by atoms with Crippen LogP contribution >= 0.6 is 11.8 Å². The Kier molecular flexibility index (Phi) is 5.62. The lowest BCUT2D eigenvalue weighted by atomic mass is 9.69. The number of benzene rings is 1. The Balaban J connectivity index is 1.86. The maximum Gasteiger partial charge on any atom is 0.257 e. The Bertz CT molecular complexity index is 1070. The lowest BCUT2D eigenvalue weighted by Crippen LogP contribution is -2.37. The lowest BCUT2D eigenvalue weighted by molar-refractivity contribution is -0.118. The molecule has 2 aromatic rings. The summed E-state index contributed by atoms with van der Waals surface area (Å²) >= 11 is 1.57. The average Bonchev–Trinajstić information content (AvgIpc) is 2.66. The number of hydrogen-bond acceptors (Lipinski definition) is 5. The second-order valence-electron chi connectivity index (χ2n) is 9.14. The van der Waals surface area contributed by atoms with E-state index in [1.165, 1.54) is 0 Å². The predicted molar refractivity (Wildman–Crippen MR) is 122 cm³/mol. The zero-order valence-corrected chi connectivity index (χ0v) is 18.9. The number of aryl methyl sites for hydroxylation is 1. The van der Waals surface area contributed by atoms with Crippen molar-refractivity contribution in [2.45, 2.75) is 64.5 Å². The van der Waals surface area contributed by atoms with E-state index in [1.807, 2.05) is 31.2 Å². The largest absolute Gasteiger partial charge is 0.343 e. The smallest absolute Gasteiger partial charge is 0.257 e. The number of aromatic amines is 1. The van der Waals surface area contributed by atoms with Crippen LogP contribution in [0.4, 0.5) is 5.82 Å². The van der Waals surface area contributed by atoms with Crippen LogP contribution in [0.15, 0.2) is 45.5 Å². The van der Waals surface area contributed by atoms with Crippen molar-refractivity contribution in [3.63, 3.8) is 0 Å². The fraction of sp³-hybridized carbons (Fsp3) is 0.458. The highest BCUT2D eigenvalue weighted by atomic mass is 32.2. The third-order valence-electron chi connectivity index (χ3n) is 5.85. The zero-order valence-electron chi connectivity index (χ0n) is 18.1. The quantitative estimate of drug-likeness (QED) is 0.394. The summed E-state index contributed by atoms with van der Waals surface area (Å²) in [6, 6.07) is 8.11. The van der Waals surface area contributed by atoms with Gasteiger partial charge in [-0.2, -0.15) is 0 Å². The van der Waals surface area contributed by atoms with Gasteiger partial charge < -0.3 is 10.3 Å². The van der Waals surface area contributed by atoms with Crippen molar-refractivity contribution < 1.29 is 4.79 Å². The number of carbonyl (C=O) groups excluding carboxylic acids is 1. The number of aromatic nitrogens is 2. The number of carbonyl (C=O) groups is 1. The van der Waals surface area contributed by atoms with Crippen molar-refractivity contribution >= 4 is 23.4 Å². The van der Waals surface area contributed by atoms with Gasteiger partial charge in [-0.3, -0.25) is 9.59 Å². The molecular weight excluding hydrogens is 394 g/mol. The maximum atomic E-state index is 13.2. The van der Waals surface area contributed by atoms with Gasteiger partial charge in [-0.1, -0.05) is 68.8 Å². The second-order valence-corrected chi connectivity index (χ2v) is 10.2. The lowest BCUT2D eigenvalue weighted by Gasteiger charge is -2.38. The summed E-state index contributed by atoms with van der Waals surface area (Å²) in [5.74, 6) is 1.24. The van der Waals surface area contributed by atoms with Crippen LogP contribution in [0.5, 0.6) is 0 Å². The third-order valence-corrected chi connectivity index (χ3v) is 6.81. The van der Waals surface area contributed by atoms with Crippen LogP contribution in [0.2, 0.25) is 0 Å². The summed E-state index contributed by atoms with van der Waals surface area (Å²) in [4.78, 5) is 34.1. The number of H-pyrrole nitrogens is 1. The summed E-state index contributed by atoms with van der Waals surface area (Å²) in [6.45, 7) is 8.41. The molecule has 0 fully saturated rings.